The first-order valence-corrected chi connectivity index (χ1v) is 9.71. The number of ketones is 1. The van der Waals surface area contributed by atoms with Crippen LogP contribution in [0.1, 0.15) is 12.5 Å². The number of para-hydroxylation sites is 1. The molecule has 7 heteroatoms. The van der Waals surface area contributed by atoms with Crippen molar-refractivity contribution in [1.29, 1.82) is 0 Å². The number of aliphatic hydroxyl groups excluding tert-OH is 1. The molecule has 0 aromatic heterocycles. The average Bonchev–Trinajstić information content (AvgIpc) is 3.30. The van der Waals surface area contributed by atoms with Gasteiger partial charge >= 0.3 is 0 Å². The second-order valence-corrected chi connectivity index (χ2v) is 7.53. The molecule has 2 aromatic carbocycles. The van der Waals surface area contributed by atoms with Crippen molar-refractivity contribution in [2.24, 2.45) is 4.99 Å². The number of anilines is 2. The topological polar surface area (TPSA) is 83.4 Å². The summed E-state index contributed by atoms with van der Waals surface area (Å²) in [5.74, 6) is 1.49. The smallest absolute Gasteiger partial charge is 0.196 e. The Bertz CT molecular complexity index is 1030. The summed E-state index contributed by atoms with van der Waals surface area (Å²) in [5.41, 5.74) is 2.84. The maximum atomic E-state index is 13.6. The molecule has 0 amide bonds. The molecule has 2 aliphatic rings. The van der Waals surface area contributed by atoms with Crippen LogP contribution in [-0.2, 0) is 11.2 Å². The molecule has 1 atom stereocenters. The van der Waals surface area contributed by atoms with E-state index in [4.69, 9.17) is 9.47 Å². The molecule has 0 spiro atoms. The van der Waals surface area contributed by atoms with E-state index in [9.17, 15) is 9.90 Å². The van der Waals surface area contributed by atoms with E-state index in [1.54, 1.807) is 51.3 Å². The fourth-order valence-electron chi connectivity index (χ4n) is 4.12. The SMILES string of the molecule is CN=C1C(=C2Cc3ccccc3N2)C(=O)[C@@](C)(CO)N1c1cc(OC)cc(OC)c1. The molecule has 0 aliphatic carbocycles. The minimum absolute atomic E-state index is 0.178. The number of fused-ring (bicyclic) bond motifs is 1. The molecule has 0 saturated carbocycles. The van der Waals surface area contributed by atoms with Crippen LogP contribution in [0.25, 0.3) is 0 Å². The molecule has 7 nitrogen and oxygen atoms in total. The normalized spacial score (nSPS) is 24.2. The summed E-state index contributed by atoms with van der Waals surface area (Å²) in [6.45, 7) is 1.36. The number of hydrogen-bond donors (Lipinski definition) is 2. The average molecular weight is 407 g/mol. The molecule has 2 aliphatic heterocycles. The van der Waals surface area contributed by atoms with Crippen molar-refractivity contribution >= 4 is 23.0 Å². The summed E-state index contributed by atoms with van der Waals surface area (Å²) in [7, 11) is 4.79. The molecule has 4 rings (SSSR count). The minimum Gasteiger partial charge on any atom is -0.497 e. The van der Waals surface area contributed by atoms with Gasteiger partial charge < -0.3 is 24.8 Å². The van der Waals surface area contributed by atoms with Gasteiger partial charge in [-0.2, -0.15) is 0 Å². The van der Waals surface area contributed by atoms with Gasteiger partial charge in [-0.3, -0.25) is 9.79 Å². The van der Waals surface area contributed by atoms with E-state index in [1.807, 2.05) is 24.3 Å². The van der Waals surface area contributed by atoms with Gasteiger partial charge in [0.1, 0.15) is 22.9 Å². The predicted molar refractivity (Wildman–Crippen MR) is 117 cm³/mol. The number of rotatable bonds is 4. The summed E-state index contributed by atoms with van der Waals surface area (Å²) in [6.07, 6.45) is 0.604. The number of allylic oxidation sites excluding steroid dienone is 1. The maximum absolute atomic E-state index is 13.6. The number of carbonyl (C=O) groups is 1. The van der Waals surface area contributed by atoms with Crippen molar-refractivity contribution < 1.29 is 19.4 Å². The Morgan fingerprint density at radius 1 is 1.17 bits per heavy atom. The number of nitrogens with zero attached hydrogens (tertiary/aromatic N) is 2. The van der Waals surface area contributed by atoms with Crippen LogP contribution in [0.3, 0.4) is 0 Å². The Balaban J connectivity index is 1.89. The molecular weight excluding hydrogens is 382 g/mol. The number of benzene rings is 2. The van der Waals surface area contributed by atoms with Crippen molar-refractivity contribution in [1.82, 2.24) is 0 Å². The molecule has 2 heterocycles. The molecule has 1 saturated heterocycles. The van der Waals surface area contributed by atoms with E-state index < -0.39 is 5.54 Å². The van der Waals surface area contributed by atoms with Gasteiger partial charge in [-0.1, -0.05) is 18.2 Å². The third-order valence-corrected chi connectivity index (χ3v) is 5.73. The van der Waals surface area contributed by atoms with Crippen LogP contribution in [0.4, 0.5) is 11.4 Å². The number of methoxy groups -OCH3 is 2. The van der Waals surface area contributed by atoms with Crippen LogP contribution < -0.4 is 19.7 Å². The molecular formula is C23H25N3O4. The number of aliphatic hydroxyl groups is 1. The molecule has 0 radical (unpaired) electrons. The van der Waals surface area contributed by atoms with Gasteiger partial charge in [0.25, 0.3) is 0 Å². The number of amidine groups is 1. The zero-order valence-electron chi connectivity index (χ0n) is 17.5. The summed E-state index contributed by atoms with van der Waals surface area (Å²) >= 11 is 0. The Labute approximate surface area is 175 Å². The minimum atomic E-state index is -1.20. The van der Waals surface area contributed by atoms with Crippen LogP contribution in [0.5, 0.6) is 11.5 Å². The van der Waals surface area contributed by atoms with E-state index in [0.717, 1.165) is 16.9 Å². The quantitative estimate of drug-likeness (QED) is 0.759. The number of Topliss-reactive ketones (excluding diaryl/α,β-unsaturated/α-hetero) is 1. The lowest BCUT2D eigenvalue weighted by atomic mass is 9.94. The number of aliphatic imine (C=N–C) groups is 1. The van der Waals surface area contributed by atoms with Crippen molar-refractivity contribution in [3.63, 3.8) is 0 Å². The maximum Gasteiger partial charge on any atom is 0.196 e. The number of carbonyl (C=O) groups excluding carboxylic acids is 1. The number of nitrogens with one attached hydrogen (secondary N) is 1. The fraction of sp³-hybridized carbons (Fsp3) is 0.304. The summed E-state index contributed by atoms with van der Waals surface area (Å²) < 4.78 is 10.8. The Kier molecular flexibility index (Phi) is 4.99. The van der Waals surface area contributed by atoms with Gasteiger partial charge in [-0.15, -0.1) is 0 Å². The highest BCUT2D eigenvalue weighted by Gasteiger charge is 2.53. The van der Waals surface area contributed by atoms with Gasteiger partial charge in [-0.05, 0) is 18.6 Å². The molecule has 0 unspecified atom stereocenters. The van der Waals surface area contributed by atoms with Crippen LogP contribution in [0, 0.1) is 0 Å². The second-order valence-electron chi connectivity index (χ2n) is 7.53. The van der Waals surface area contributed by atoms with E-state index in [1.165, 1.54) is 0 Å². The third kappa shape index (κ3) is 2.93. The molecule has 2 N–H and O–H groups in total. The van der Waals surface area contributed by atoms with Crippen LogP contribution in [0.2, 0.25) is 0 Å². The van der Waals surface area contributed by atoms with Crippen molar-refractivity contribution in [3.05, 3.63) is 59.3 Å². The van der Waals surface area contributed by atoms with Crippen LogP contribution in [0.15, 0.2) is 58.7 Å². The molecule has 156 valence electrons. The fourth-order valence-corrected chi connectivity index (χ4v) is 4.12. The van der Waals surface area contributed by atoms with Gasteiger partial charge in [0.2, 0.25) is 0 Å². The van der Waals surface area contributed by atoms with Crippen LogP contribution >= 0.6 is 0 Å². The Hall–Kier alpha value is -3.32. The van der Waals surface area contributed by atoms with Crippen LogP contribution in [-0.4, -0.2) is 50.1 Å². The second kappa shape index (κ2) is 7.50. The van der Waals surface area contributed by atoms with Crippen molar-refractivity contribution in [2.45, 2.75) is 18.9 Å². The van der Waals surface area contributed by atoms with E-state index in [-0.39, 0.29) is 12.4 Å². The lowest BCUT2D eigenvalue weighted by molar-refractivity contribution is -0.119. The first-order chi connectivity index (χ1) is 14.5. The highest BCUT2D eigenvalue weighted by molar-refractivity contribution is 6.37. The highest BCUT2D eigenvalue weighted by Crippen LogP contribution is 2.42. The summed E-state index contributed by atoms with van der Waals surface area (Å²) in [4.78, 5) is 19.9. The molecule has 30 heavy (non-hydrogen) atoms. The molecule has 0 bridgehead atoms. The summed E-state index contributed by atoms with van der Waals surface area (Å²) in [6, 6.07) is 13.3. The summed E-state index contributed by atoms with van der Waals surface area (Å²) in [5, 5.41) is 13.7. The van der Waals surface area contributed by atoms with E-state index in [2.05, 4.69) is 10.3 Å². The lowest BCUT2D eigenvalue weighted by Gasteiger charge is -2.33. The monoisotopic (exact) mass is 407 g/mol. The van der Waals surface area contributed by atoms with Gasteiger partial charge in [0.15, 0.2) is 5.78 Å². The number of hydrogen-bond acceptors (Lipinski definition) is 6. The zero-order valence-corrected chi connectivity index (χ0v) is 17.5. The predicted octanol–water partition coefficient (Wildman–Crippen LogP) is 2.79. The Morgan fingerprint density at radius 2 is 1.83 bits per heavy atom. The highest BCUT2D eigenvalue weighted by atomic mass is 16.5. The standard InChI is InChI=1S/C23H25N3O4/c1-23(13-27)21(28)20(19-9-14-7-5-6-8-18(14)25-19)22(24-2)26(23)15-10-16(29-3)12-17(11-15)30-4/h5-8,10-12,25,27H,9,13H2,1-4H3/t23-/m1/s1. The zero-order chi connectivity index (χ0) is 21.5. The number of ether oxygens (including phenoxy) is 2. The Morgan fingerprint density at radius 3 is 2.40 bits per heavy atom. The van der Waals surface area contributed by atoms with Crippen molar-refractivity contribution in [3.8, 4) is 11.5 Å². The van der Waals surface area contributed by atoms with Gasteiger partial charge in [-0.25, -0.2) is 0 Å². The lowest BCUT2D eigenvalue weighted by Crippen LogP contribution is -2.50. The molecule has 1 fully saturated rings. The molecule has 2 aromatic rings. The first kappa shape index (κ1) is 20.0. The van der Waals surface area contributed by atoms with Gasteiger partial charge in [0.05, 0.1) is 32.1 Å². The van der Waals surface area contributed by atoms with E-state index in [0.29, 0.717) is 35.0 Å². The van der Waals surface area contributed by atoms with Gasteiger partial charge in [0, 0.05) is 43.1 Å². The van der Waals surface area contributed by atoms with E-state index >= 15 is 0 Å². The third-order valence-electron chi connectivity index (χ3n) is 5.73. The largest absolute Gasteiger partial charge is 0.497 e. The van der Waals surface area contributed by atoms with Crippen molar-refractivity contribution in [2.75, 3.05) is 38.1 Å². The first-order valence-electron chi connectivity index (χ1n) is 9.71.